The van der Waals surface area contributed by atoms with Crippen molar-refractivity contribution in [3.63, 3.8) is 0 Å². The number of nitrogens with zero attached hydrogens (tertiary/aromatic N) is 2. The summed E-state index contributed by atoms with van der Waals surface area (Å²) in [7, 11) is 1.66. The third-order valence-corrected chi connectivity index (χ3v) is 4.84. The highest BCUT2D eigenvalue weighted by molar-refractivity contribution is 7.10. The van der Waals surface area contributed by atoms with Crippen LogP contribution in [0, 0.1) is 11.3 Å². The van der Waals surface area contributed by atoms with Gasteiger partial charge in [-0.25, -0.2) is 0 Å². The number of hydrogen-bond donors (Lipinski definition) is 1. The molecule has 5 heteroatoms. The zero-order valence-corrected chi connectivity index (χ0v) is 14.4. The molecular weight excluding hydrogens is 306 g/mol. The number of benzene rings is 1. The Morgan fingerprint density at radius 1 is 1.30 bits per heavy atom. The summed E-state index contributed by atoms with van der Waals surface area (Å²) in [6.45, 7) is 3.65. The van der Waals surface area contributed by atoms with Crippen LogP contribution in [0.15, 0.2) is 47.8 Å². The summed E-state index contributed by atoms with van der Waals surface area (Å²) >= 11 is 1.66. The fourth-order valence-electron chi connectivity index (χ4n) is 2.18. The second-order valence-electron chi connectivity index (χ2n) is 5.86. The zero-order chi connectivity index (χ0) is 16.9. The lowest BCUT2D eigenvalue weighted by Gasteiger charge is -2.30. The second kappa shape index (κ2) is 7.40. The number of nitrogens with one attached hydrogen (secondary N) is 1. The van der Waals surface area contributed by atoms with Gasteiger partial charge in [0.2, 0.25) is 5.91 Å². The van der Waals surface area contributed by atoms with Crippen LogP contribution in [-0.4, -0.2) is 29.9 Å². The number of hydrogen-bond acceptors (Lipinski definition) is 4. The van der Waals surface area contributed by atoms with Crippen LogP contribution in [0.1, 0.15) is 30.3 Å². The van der Waals surface area contributed by atoms with E-state index in [1.54, 1.807) is 32.2 Å². The molecule has 1 N–H and O–H groups in total. The maximum absolute atomic E-state index is 12.4. The average Bonchev–Trinajstić information content (AvgIpc) is 3.09. The van der Waals surface area contributed by atoms with E-state index in [2.05, 4.69) is 17.5 Å². The SMILES string of the molecule is CN(C(=O)CN[C@@H](c1ccccc1)c1cccs1)C(C)(C)C#N. The number of carbonyl (C=O) groups excluding carboxylic acids is 1. The van der Waals surface area contributed by atoms with E-state index in [-0.39, 0.29) is 18.5 Å². The van der Waals surface area contributed by atoms with E-state index in [1.165, 1.54) is 4.90 Å². The first-order valence-corrected chi connectivity index (χ1v) is 8.33. The molecule has 0 saturated heterocycles. The lowest BCUT2D eigenvalue weighted by atomic mass is 10.0. The maximum atomic E-state index is 12.4. The third-order valence-electron chi connectivity index (χ3n) is 3.90. The van der Waals surface area contributed by atoms with Crippen molar-refractivity contribution in [2.45, 2.75) is 25.4 Å². The molecule has 0 spiro atoms. The summed E-state index contributed by atoms with van der Waals surface area (Å²) in [5, 5.41) is 14.5. The first kappa shape index (κ1) is 17.2. The van der Waals surface area contributed by atoms with Gasteiger partial charge in [0.1, 0.15) is 5.54 Å². The number of likely N-dealkylation sites (N-methyl/N-ethyl adjacent to an activating group) is 1. The van der Waals surface area contributed by atoms with Crippen molar-refractivity contribution in [1.29, 1.82) is 5.26 Å². The van der Waals surface area contributed by atoms with E-state index in [9.17, 15) is 4.79 Å². The lowest BCUT2D eigenvalue weighted by molar-refractivity contribution is -0.132. The highest BCUT2D eigenvalue weighted by Crippen LogP contribution is 2.25. The molecule has 0 unspecified atom stereocenters. The molecule has 1 atom stereocenters. The molecule has 1 amide bonds. The fraction of sp³-hybridized carbons (Fsp3) is 0.333. The van der Waals surface area contributed by atoms with Crippen LogP contribution in [0.5, 0.6) is 0 Å². The van der Waals surface area contributed by atoms with Crippen molar-refractivity contribution in [3.05, 3.63) is 58.3 Å². The molecule has 23 heavy (non-hydrogen) atoms. The monoisotopic (exact) mass is 327 g/mol. The average molecular weight is 327 g/mol. The number of nitriles is 1. The first-order chi connectivity index (χ1) is 11.0. The van der Waals surface area contributed by atoms with E-state index >= 15 is 0 Å². The molecule has 0 radical (unpaired) electrons. The van der Waals surface area contributed by atoms with E-state index < -0.39 is 5.54 Å². The number of carbonyl (C=O) groups is 1. The Bertz CT molecular complexity index is 674. The summed E-state index contributed by atoms with van der Waals surface area (Å²) in [5.74, 6) is -0.103. The summed E-state index contributed by atoms with van der Waals surface area (Å²) in [4.78, 5) is 15.0. The van der Waals surface area contributed by atoms with Crippen molar-refractivity contribution < 1.29 is 4.79 Å². The molecule has 1 heterocycles. The molecule has 2 aromatic rings. The van der Waals surface area contributed by atoms with Crippen LogP contribution in [0.3, 0.4) is 0 Å². The third kappa shape index (κ3) is 4.19. The second-order valence-corrected chi connectivity index (χ2v) is 6.84. The molecule has 0 fully saturated rings. The largest absolute Gasteiger partial charge is 0.326 e. The van der Waals surface area contributed by atoms with Crippen LogP contribution in [0.4, 0.5) is 0 Å². The number of rotatable bonds is 6. The molecule has 1 aromatic heterocycles. The fourth-order valence-corrected chi connectivity index (χ4v) is 3.01. The van der Waals surface area contributed by atoms with Gasteiger partial charge < -0.3 is 4.90 Å². The Kier molecular flexibility index (Phi) is 5.54. The molecule has 0 aliphatic heterocycles. The van der Waals surface area contributed by atoms with Crippen LogP contribution in [0.25, 0.3) is 0 Å². The molecule has 4 nitrogen and oxygen atoms in total. The van der Waals surface area contributed by atoms with Crippen molar-refractivity contribution >= 4 is 17.2 Å². The Labute approximate surface area is 141 Å². The Morgan fingerprint density at radius 3 is 2.57 bits per heavy atom. The molecule has 0 saturated carbocycles. The van der Waals surface area contributed by atoms with E-state index in [0.29, 0.717) is 0 Å². The first-order valence-electron chi connectivity index (χ1n) is 7.45. The Morgan fingerprint density at radius 2 is 2.00 bits per heavy atom. The van der Waals surface area contributed by atoms with Gasteiger partial charge in [0, 0.05) is 11.9 Å². The van der Waals surface area contributed by atoms with Crippen molar-refractivity contribution in [3.8, 4) is 6.07 Å². The molecule has 120 valence electrons. The summed E-state index contributed by atoms with van der Waals surface area (Å²) < 4.78 is 0. The van der Waals surface area contributed by atoms with Gasteiger partial charge in [-0.1, -0.05) is 36.4 Å². The quantitative estimate of drug-likeness (QED) is 0.886. The standard InChI is InChI=1S/C18H21N3OS/c1-18(2,13-19)21(3)16(22)12-20-17(15-10-7-11-23-15)14-8-5-4-6-9-14/h4-11,17,20H,12H2,1-3H3/t17-/m0/s1. The van der Waals surface area contributed by atoms with E-state index in [0.717, 1.165) is 10.4 Å². The van der Waals surface area contributed by atoms with Crippen LogP contribution < -0.4 is 5.32 Å². The minimum atomic E-state index is -0.816. The van der Waals surface area contributed by atoms with Crippen LogP contribution >= 0.6 is 11.3 Å². The molecule has 0 aliphatic carbocycles. The zero-order valence-electron chi connectivity index (χ0n) is 13.6. The van der Waals surface area contributed by atoms with Crippen molar-refractivity contribution in [1.82, 2.24) is 10.2 Å². The predicted octanol–water partition coefficient (Wildman–Crippen LogP) is 3.19. The van der Waals surface area contributed by atoms with Crippen molar-refractivity contribution in [2.24, 2.45) is 0 Å². The smallest absolute Gasteiger partial charge is 0.237 e. The summed E-state index contributed by atoms with van der Waals surface area (Å²) in [6, 6.07) is 16.2. The van der Waals surface area contributed by atoms with Crippen LogP contribution in [0.2, 0.25) is 0 Å². The Hall–Kier alpha value is -2.16. The molecule has 2 rings (SSSR count). The summed E-state index contributed by atoms with van der Waals surface area (Å²) in [5.41, 5.74) is 0.300. The topological polar surface area (TPSA) is 56.1 Å². The van der Waals surface area contributed by atoms with Gasteiger partial charge in [0.15, 0.2) is 0 Å². The summed E-state index contributed by atoms with van der Waals surface area (Å²) in [6.07, 6.45) is 0. The minimum Gasteiger partial charge on any atom is -0.326 e. The van der Waals surface area contributed by atoms with Crippen molar-refractivity contribution in [2.75, 3.05) is 13.6 Å². The van der Waals surface area contributed by atoms with Crippen LogP contribution in [-0.2, 0) is 4.79 Å². The number of thiophene rings is 1. The molecule has 0 aliphatic rings. The Balaban J connectivity index is 2.12. The van der Waals surface area contributed by atoms with E-state index in [1.807, 2.05) is 41.8 Å². The lowest BCUT2D eigenvalue weighted by Crippen LogP contribution is -2.47. The maximum Gasteiger partial charge on any atom is 0.237 e. The van der Waals surface area contributed by atoms with Gasteiger partial charge in [-0.2, -0.15) is 5.26 Å². The predicted molar refractivity (Wildman–Crippen MR) is 93.1 cm³/mol. The van der Waals surface area contributed by atoms with Gasteiger partial charge in [0.25, 0.3) is 0 Å². The van der Waals surface area contributed by atoms with Gasteiger partial charge in [-0.05, 0) is 30.9 Å². The normalized spacial score (nSPS) is 12.4. The van der Waals surface area contributed by atoms with Gasteiger partial charge in [-0.15, -0.1) is 11.3 Å². The highest BCUT2D eigenvalue weighted by Gasteiger charge is 2.27. The minimum absolute atomic E-state index is 0.0289. The highest BCUT2D eigenvalue weighted by atomic mass is 32.1. The van der Waals surface area contributed by atoms with Gasteiger partial charge in [-0.3, -0.25) is 10.1 Å². The van der Waals surface area contributed by atoms with Gasteiger partial charge in [0.05, 0.1) is 18.7 Å². The van der Waals surface area contributed by atoms with Gasteiger partial charge >= 0.3 is 0 Å². The molecule has 0 bridgehead atoms. The molecule has 1 aromatic carbocycles. The number of amides is 1. The van der Waals surface area contributed by atoms with E-state index in [4.69, 9.17) is 5.26 Å². The molecular formula is C18H21N3OS.